The van der Waals surface area contributed by atoms with Crippen LogP contribution in [0.5, 0.6) is 0 Å². The van der Waals surface area contributed by atoms with Crippen LogP contribution in [0.15, 0.2) is 47.9 Å². The summed E-state index contributed by atoms with van der Waals surface area (Å²) in [6, 6.07) is 10.2. The van der Waals surface area contributed by atoms with Crippen molar-refractivity contribution in [2.24, 2.45) is 0 Å². The quantitative estimate of drug-likeness (QED) is 0.622. The second kappa shape index (κ2) is 8.64. The molecule has 0 aliphatic rings. The fourth-order valence-corrected chi connectivity index (χ4v) is 2.42. The topological polar surface area (TPSA) is 84.5 Å². The Labute approximate surface area is 143 Å². The summed E-state index contributed by atoms with van der Waals surface area (Å²) in [5, 5.41) is 6.96. The lowest BCUT2D eigenvalue weighted by Crippen LogP contribution is -2.21. The maximum absolute atomic E-state index is 11.8. The van der Waals surface area contributed by atoms with Gasteiger partial charge in [0.2, 0.25) is 0 Å². The smallest absolute Gasteiger partial charge is 0.331 e. The molecule has 7 heteroatoms. The molecule has 0 radical (unpaired) electrons. The molecule has 0 saturated heterocycles. The third-order valence-corrected chi connectivity index (χ3v) is 3.75. The number of carbonyl (C=O) groups is 3. The summed E-state index contributed by atoms with van der Waals surface area (Å²) < 4.78 is 4.86. The predicted octanol–water partition coefficient (Wildman–Crippen LogP) is 2.30. The van der Waals surface area contributed by atoms with Gasteiger partial charge in [0.05, 0.1) is 0 Å². The molecule has 1 heterocycles. The van der Waals surface area contributed by atoms with Gasteiger partial charge in [0.1, 0.15) is 0 Å². The largest absolute Gasteiger partial charge is 0.452 e. The van der Waals surface area contributed by atoms with Crippen molar-refractivity contribution in [3.8, 4) is 0 Å². The van der Waals surface area contributed by atoms with E-state index in [-0.39, 0.29) is 5.91 Å². The number of anilines is 1. The summed E-state index contributed by atoms with van der Waals surface area (Å²) in [5.41, 5.74) is 0.873. The molecule has 2 aromatic rings. The monoisotopic (exact) mass is 344 g/mol. The average molecular weight is 344 g/mol. The fourth-order valence-electron chi connectivity index (χ4n) is 1.80. The van der Waals surface area contributed by atoms with E-state index >= 15 is 0 Å². The third kappa shape index (κ3) is 5.36. The molecule has 0 saturated carbocycles. The first-order valence-corrected chi connectivity index (χ1v) is 7.97. The Morgan fingerprint density at radius 3 is 2.75 bits per heavy atom. The molecule has 0 spiro atoms. The molecule has 2 amide bonds. The van der Waals surface area contributed by atoms with Gasteiger partial charge in [0.15, 0.2) is 6.61 Å². The van der Waals surface area contributed by atoms with Crippen LogP contribution in [0.25, 0.3) is 6.08 Å². The minimum Gasteiger partial charge on any atom is -0.452 e. The highest BCUT2D eigenvalue weighted by Crippen LogP contribution is 2.11. The second-order valence-electron chi connectivity index (χ2n) is 4.66. The summed E-state index contributed by atoms with van der Waals surface area (Å²) in [4.78, 5) is 35.8. The van der Waals surface area contributed by atoms with Gasteiger partial charge in [0.25, 0.3) is 11.8 Å². The molecule has 124 valence electrons. The van der Waals surface area contributed by atoms with Gasteiger partial charge in [-0.1, -0.05) is 12.1 Å². The molecular formula is C17H16N2O4S. The van der Waals surface area contributed by atoms with Crippen LogP contribution in [0.3, 0.4) is 0 Å². The number of hydrogen-bond donors (Lipinski definition) is 2. The van der Waals surface area contributed by atoms with Gasteiger partial charge in [-0.25, -0.2) is 4.79 Å². The third-order valence-electron chi connectivity index (χ3n) is 2.91. The van der Waals surface area contributed by atoms with Crippen molar-refractivity contribution in [3.63, 3.8) is 0 Å². The number of nitrogens with one attached hydrogen (secondary N) is 2. The molecule has 6 nitrogen and oxygen atoms in total. The van der Waals surface area contributed by atoms with E-state index in [9.17, 15) is 14.4 Å². The van der Waals surface area contributed by atoms with E-state index in [1.54, 1.807) is 24.3 Å². The maximum Gasteiger partial charge on any atom is 0.331 e. The molecule has 0 fully saturated rings. The number of esters is 1. The molecule has 0 unspecified atom stereocenters. The normalized spacial score (nSPS) is 10.4. The number of hydrogen-bond acceptors (Lipinski definition) is 5. The van der Waals surface area contributed by atoms with Gasteiger partial charge in [0, 0.05) is 29.3 Å². The van der Waals surface area contributed by atoms with Crippen LogP contribution in [-0.4, -0.2) is 31.4 Å². The van der Waals surface area contributed by atoms with Crippen molar-refractivity contribution >= 4 is 40.9 Å². The highest BCUT2D eigenvalue weighted by Gasteiger charge is 2.08. The average Bonchev–Trinajstić information content (AvgIpc) is 3.11. The van der Waals surface area contributed by atoms with Crippen LogP contribution >= 0.6 is 11.3 Å². The van der Waals surface area contributed by atoms with Crippen LogP contribution in [-0.2, 0) is 14.3 Å². The van der Waals surface area contributed by atoms with E-state index in [2.05, 4.69) is 10.6 Å². The summed E-state index contributed by atoms with van der Waals surface area (Å²) in [5.74, 6) is -1.34. The summed E-state index contributed by atoms with van der Waals surface area (Å²) in [7, 11) is 1.52. The van der Waals surface area contributed by atoms with E-state index in [1.807, 2.05) is 17.5 Å². The van der Waals surface area contributed by atoms with Crippen LogP contribution in [0.2, 0.25) is 0 Å². The van der Waals surface area contributed by atoms with Gasteiger partial charge in [-0.2, -0.15) is 0 Å². The summed E-state index contributed by atoms with van der Waals surface area (Å²) in [6.45, 7) is -0.405. The Hall–Kier alpha value is -2.93. The minimum absolute atomic E-state index is 0.253. The minimum atomic E-state index is -0.599. The highest BCUT2D eigenvalue weighted by molar-refractivity contribution is 7.10. The summed E-state index contributed by atoms with van der Waals surface area (Å²) >= 11 is 1.49. The first kappa shape index (κ1) is 17.4. The fraction of sp³-hybridized carbons (Fsp3) is 0.118. The SMILES string of the molecule is CNC(=O)c1cccc(NC(=O)COC(=O)/C=C/c2cccs2)c1. The Balaban J connectivity index is 1.83. The van der Waals surface area contributed by atoms with Crippen molar-refractivity contribution in [3.05, 3.63) is 58.3 Å². The van der Waals surface area contributed by atoms with Gasteiger partial charge in [-0.15, -0.1) is 11.3 Å². The van der Waals surface area contributed by atoms with Gasteiger partial charge in [-0.05, 0) is 35.7 Å². The van der Waals surface area contributed by atoms with Crippen molar-refractivity contribution in [1.82, 2.24) is 5.32 Å². The van der Waals surface area contributed by atoms with Crippen LogP contribution in [0.1, 0.15) is 15.2 Å². The number of carbonyl (C=O) groups excluding carboxylic acids is 3. The predicted molar refractivity (Wildman–Crippen MR) is 92.8 cm³/mol. The van der Waals surface area contributed by atoms with Crippen LogP contribution in [0.4, 0.5) is 5.69 Å². The molecule has 1 aromatic carbocycles. The van der Waals surface area contributed by atoms with E-state index in [4.69, 9.17) is 4.74 Å². The van der Waals surface area contributed by atoms with Gasteiger partial charge >= 0.3 is 5.97 Å². The number of amides is 2. The summed E-state index contributed by atoms with van der Waals surface area (Å²) in [6.07, 6.45) is 2.89. The van der Waals surface area contributed by atoms with Crippen LogP contribution < -0.4 is 10.6 Å². The van der Waals surface area contributed by atoms with Crippen molar-refractivity contribution in [1.29, 1.82) is 0 Å². The van der Waals surface area contributed by atoms with E-state index in [0.717, 1.165) is 4.88 Å². The molecule has 2 rings (SSSR count). The zero-order chi connectivity index (χ0) is 17.4. The molecule has 0 bridgehead atoms. The first-order valence-electron chi connectivity index (χ1n) is 7.09. The van der Waals surface area contributed by atoms with Crippen molar-refractivity contribution < 1.29 is 19.1 Å². The van der Waals surface area contributed by atoms with E-state index < -0.39 is 18.5 Å². The molecule has 0 aliphatic heterocycles. The number of thiophene rings is 1. The number of rotatable bonds is 6. The highest BCUT2D eigenvalue weighted by atomic mass is 32.1. The Morgan fingerprint density at radius 1 is 1.21 bits per heavy atom. The Kier molecular flexibility index (Phi) is 6.27. The Morgan fingerprint density at radius 2 is 2.04 bits per heavy atom. The standard InChI is InChI=1S/C17H16N2O4S/c1-18-17(22)12-4-2-5-13(10-12)19-15(20)11-23-16(21)8-7-14-6-3-9-24-14/h2-10H,11H2,1H3,(H,18,22)(H,19,20)/b8-7+. The lowest BCUT2D eigenvalue weighted by molar-refractivity contribution is -0.142. The number of benzene rings is 1. The molecular weight excluding hydrogens is 328 g/mol. The Bertz CT molecular complexity index is 754. The zero-order valence-corrected chi connectivity index (χ0v) is 13.8. The molecule has 1 aromatic heterocycles. The molecule has 24 heavy (non-hydrogen) atoms. The molecule has 0 atom stereocenters. The van der Waals surface area contributed by atoms with Gasteiger partial charge < -0.3 is 15.4 Å². The van der Waals surface area contributed by atoms with Crippen LogP contribution in [0, 0.1) is 0 Å². The lowest BCUT2D eigenvalue weighted by Gasteiger charge is -2.07. The van der Waals surface area contributed by atoms with Gasteiger partial charge in [-0.3, -0.25) is 9.59 Å². The van der Waals surface area contributed by atoms with E-state index in [0.29, 0.717) is 11.3 Å². The first-order chi connectivity index (χ1) is 11.6. The molecule has 2 N–H and O–H groups in total. The lowest BCUT2D eigenvalue weighted by atomic mass is 10.2. The zero-order valence-electron chi connectivity index (χ0n) is 12.9. The second-order valence-corrected chi connectivity index (χ2v) is 5.64. The van der Waals surface area contributed by atoms with Crippen molar-refractivity contribution in [2.75, 3.05) is 19.0 Å². The van der Waals surface area contributed by atoms with Crippen molar-refractivity contribution in [2.45, 2.75) is 0 Å². The number of ether oxygens (including phenoxy) is 1. The van der Waals surface area contributed by atoms with E-state index in [1.165, 1.54) is 30.5 Å². The maximum atomic E-state index is 11.8. The molecule has 0 aliphatic carbocycles.